The molecule has 1 atom stereocenters. The smallest absolute Gasteiger partial charge is 0.0500 e. The number of thioether (sulfide) groups is 1. The van der Waals surface area contributed by atoms with Crippen molar-refractivity contribution in [2.24, 2.45) is 5.84 Å². The van der Waals surface area contributed by atoms with Gasteiger partial charge < -0.3 is 0 Å². The molecule has 0 aliphatic rings. The Balaban J connectivity index is 2.11. The highest BCUT2D eigenvalue weighted by atomic mass is 79.9. The molecule has 1 unspecified atom stereocenters. The maximum Gasteiger partial charge on any atom is 0.0500 e. The van der Waals surface area contributed by atoms with E-state index in [0.717, 1.165) is 22.2 Å². The molecule has 3 nitrogen and oxygen atoms in total. The average Bonchev–Trinajstić information content (AvgIpc) is 2.46. The van der Waals surface area contributed by atoms with E-state index in [2.05, 4.69) is 63.6 Å². The van der Waals surface area contributed by atoms with Crippen LogP contribution in [0.25, 0.3) is 0 Å². The Morgan fingerprint density at radius 1 is 1.30 bits per heavy atom. The molecule has 0 saturated heterocycles. The molecule has 2 aromatic rings. The quantitative estimate of drug-likeness (QED) is 0.473. The molecule has 0 spiro atoms. The number of nitrogens with zero attached hydrogens (tertiary/aromatic N) is 1. The highest BCUT2D eigenvalue weighted by Gasteiger charge is 2.11. The van der Waals surface area contributed by atoms with Crippen LogP contribution in [0.3, 0.4) is 0 Å². The van der Waals surface area contributed by atoms with Crippen LogP contribution in [0.5, 0.6) is 0 Å². The Morgan fingerprint density at radius 3 is 2.65 bits per heavy atom. The van der Waals surface area contributed by atoms with E-state index in [4.69, 9.17) is 5.84 Å². The molecule has 0 aliphatic heterocycles. The molecular weight excluding hydrogens is 334 g/mol. The van der Waals surface area contributed by atoms with Crippen molar-refractivity contribution in [1.82, 2.24) is 10.4 Å². The second-order valence-electron chi connectivity index (χ2n) is 4.44. The van der Waals surface area contributed by atoms with E-state index in [1.54, 1.807) is 6.20 Å². The van der Waals surface area contributed by atoms with Gasteiger partial charge in [0.25, 0.3) is 0 Å². The zero-order chi connectivity index (χ0) is 14.4. The van der Waals surface area contributed by atoms with Gasteiger partial charge in [0.15, 0.2) is 0 Å². The summed E-state index contributed by atoms with van der Waals surface area (Å²) in [5.74, 6) is 6.79. The Bertz CT molecular complexity index is 545. The minimum Gasteiger partial charge on any atom is -0.271 e. The van der Waals surface area contributed by atoms with E-state index in [-0.39, 0.29) is 6.04 Å². The molecule has 3 N–H and O–H groups in total. The largest absolute Gasteiger partial charge is 0.271 e. The minimum atomic E-state index is 0.0896. The molecule has 0 bridgehead atoms. The van der Waals surface area contributed by atoms with Crippen molar-refractivity contribution in [3.05, 3.63) is 58.3 Å². The monoisotopic (exact) mass is 351 g/mol. The topological polar surface area (TPSA) is 50.9 Å². The summed E-state index contributed by atoms with van der Waals surface area (Å²) < 4.78 is 0.987. The predicted octanol–water partition coefficient (Wildman–Crippen LogP) is 3.70. The fourth-order valence-corrected chi connectivity index (χ4v) is 3.11. The van der Waals surface area contributed by atoms with Crippen molar-refractivity contribution in [3.63, 3.8) is 0 Å². The van der Waals surface area contributed by atoms with Gasteiger partial charge in [-0.15, -0.1) is 11.8 Å². The molecule has 0 fully saturated rings. The van der Waals surface area contributed by atoms with Crippen LogP contribution in [0.1, 0.15) is 24.1 Å². The normalized spacial score (nSPS) is 12.3. The first kappa shape index (κ1) is 15.5. The minimum absolute atomic E-state index is 0.0896. The van der Waals surface area contributed by atoms with E-state index in [1.807, 2.05) is 18.0 Å². The van der Waals surface area contributed by atoms with E-state index >= 15 is 0 Å². The van der Waals surface area contributed by atoms with Crippen LogP contribution in [0.2, 0.25) is 0 Å². The molecule has 0 radical (unpaired) electrons. The molecule has 1 aromatic carbocycles. The van der Waals surface area contributed by atoms with Gasteiger partial charge in [-0.3, -0.25) is 16.3 Å². The number of benzene rings is 1. The van der Waals surface area contributed by atoms with Crippen LogP contribution in [-0.2, 0) is 6.42 Å². The summed E-state index contributed by atoms with van der Waals surface area (Å²) in [6.07, 6.45) is 4.46. The van der Waals surface area contributed by atoms with Crippen molar-refractivity contribution in [1.29, 1.82) is 0 Å². The van der Waals surface area contributed by atoms with Gasteiger partial charge in [-0.05, 0) is 57.4 Å². The van der Waals surface area contributed by atoms with Crippen LogP contribution in [0.4, 0.5) is 0 Å². The predicted molar refractivity (Wildman–Crippen MR) is 88.5 cm³/mol. The third-order valence-electron chi connectivity index (χ3n) is 3.00. The van der Waals surface area contributed by atoms with E-state index in [0.29, 0.717) is 0 Å². The summed E-state index contributed by atoms with van der Waals surface area (Å²) >= 11 is 5.28. The number of nitrogens with one attached hydrogen (secondary N) is 1. The molecule has 0 amide bonds. The summed E-state index contributed by atoms with van der Waals surface area (Å²) in [7, 11) is 0. The molecule has 0 saturated carbocycles. The third-order valence-corrected chi connectivity index (χ3v) is 4.32. The maximum absolute atomic E-state index is 5.70. The van der Waals surface area contributed by atoms with E-state index in [1.165, 1.54) is 10.5 Å². The van der Waals surface area contributed by atoms with Gasteiger partial charge in [0.2, 0.25) is 0 Å². The number of rotatable bonds is 6. The SMILES string of the molecule is CCSc1ccc(C(Cc2cncc(Br)c2)NN)cc1. The van der Waals surface area contributed by atoms with E-state index in [9.17, 15) is 0 Å². The van der Waals surface area contributed by atoms with Crippen molar-refractivity contribution in [3.8, 4) is 0 Å². The van der Waals surface area contributed by atoms with Gasteiger partial charge in [-0.25, -0.2) is 0 Å². The molecule has 2 rings (SSSR count). The maximum atomic E-state index is 5.70. The van der Waals surface area contributed by atoms with Crippen LogP contribution in [0.15, 0.2) is 52.1 Å². The van der Waals surface area contributed by atoms with Crippen molar-refractivity contribution in [2.45, 2.75) is 24.3 Å². The summed E-state index contributed by atoms with van der Waals surface area (Å²) in [6.45, 7) is 2.16. The average molecular weight is 352 g/mol. The standard InChI is InChI=1S/C15H18BrN3S/c1-2-20-14-5-3-12(4-6-14)15(19-17)8-11-7-13(16)10-18-9-11/h3-7,9-10,15,19H,2,8,17H2,1H3. The summed E-state index contributed by atoms with van der Waals surface area (Å²) in [6, 6.07) is 10.7. The van der Waals surface area contributed by atoms with E-state index < -0.39 is 0 Å². The summed E-state index contributed by atoms with van der Waals surface area (Å²) in [4.78, 5) is 5.47. The first-order chi connectivity index (χ1) is 9.72. The lowest BCUT2D eigenvalue weighted by Gasteiger charge is -2.16. The second kappa shape index (κ2) is 7.78. The number of hydrogen-bond donors (Lipinski definition) is 2. The van der Waals surface area contributed by atoms with Gasteiger partial charge in [0, 0.05) is 21.8 Å². The highest BCUT2D eigenvalue weighted by molar-refractivity contribution is 9.10. The zero-order valence-electron chi connectivity index (χ0n) is 11.3. The molecule has 20 heavy (non-hydrogen) atoms. The molecule has 106 valence electrons. The van der Waals surface area contributed by atoms with Gasteiger partial charge in [-0.2, -0.15) is 0 Å². The van der Waals surface area contributed by atoms with Gasteiger partial charge >= 0.3 is 0 Å². The van der Waals surface area contributed by atoms with Gasteiger partial charge in [-0.1, -0.05) is 19.1 Å². The first-order valence-corrected chi connectivity index (χ1v) is 8.29. The first-order valence-electron chi connectivity index (χ1n) is 6.51. The summed E-state index contributed by atoms with van der Waals surface area (Å²) in [5, 5.41) is 0. The molecule has 0 aliphatic carbocycles. The van der Waals surface area contributed by atoms with Crippen molar-refractivity contribution < 1.29 is 0 Å². The lowest BCUT2D eigenvalue weighted by Crippen LogP contribution is -2.29. The Hall–Kier alpha value is -0.880. The fraction of sp³-hybridized carbons (Fsp3) is 0.267. The highest BCUT2D eigenvalue weighted by Crippen LogP contribution is 2.23. The number of aromatic nitrogens is 1. The lowest BCUT2D eigenvalue weighted by atomic mass is 10.0. The Labute approximate surface area is 132 Å². The van der Waals surface area contributed by atoms with Crippen LogP contribution in [0, 0.1) is 0 Å². The van der Waals surface area contributed by atoms with Crippen LogP contribution in [-0.4, -0.2) is 10.7 Å². The Morgan fingerprint density at radius 2 is 2.05 bits per heavy atom. The van der Waals surface area contributed by atoms with Gasteiger partial charge in [0.1, 0.15) is 0 Å². The van der Waals surface area contributed by atoms with Crippen LogP contribution < -0.4 is 11.3 Å². The van der Waals surface area contributed by atoms with Gasteiger partial charge in [0.05, 0.1) is 6.04 Å². The van der Waals surface area contributed by atoms with Crippen molar-refractivity contribution in [2.75, 3.05) is 5.75 Å². The fourth-order valence-electron chi connectivity index (χ4n) is 2.04. The molecule has 1 aromatic heterocycles. The number of hydrazine groups is 1. The third kappa shape index (κ3) is 4.31. The zero-order valence-corrected chi connectivity index (χ0v) is 13.7. The molecular formula is C15H18BrN3S. The number of pyridine rings is 1. The second-order valence-corrected chi connectivity index (χ2v) is 6.69. The van der Waals surface area contributed by atoms with Crippen LogP contribution >= 0.6 is 27.7 Å². The Kier molecular flexibility index (Phi) is 6.04. The summed E-state index contributed by atoms with van der Waals surface area (Å²) in [5.41, 5.74) is 5.22. The number of hydrogen-bond acceptors (Lipinski definition) is 4. The molecule has 1 heterocycles. The lowest BCUT2D eigenvalue weighted by molar-refractivity contribution is 0.551. The van der Waals surface area contributed by atoms with Crippen molar-refractivity contribution >= 4 is 27.7 Å². The number of halogens is 1. The number of nitrogens with two attached hydrogens (primary N) is 1. The molecule has 5 heteroatoms.